The van der Waals surface area contributed by atoms with Crippen molar-refractivity contribution in [3.8, 4) is 32.4 Å². The Kier molecular flexibility index (Phi) is 21.2. The molecule has 2 N–H and O–H groups in total. The van der Waals surface area contributed by atoms with Crippen LogP contribution in [-0.4, -0.2) is 43.3 Å². The number of aliphatic carboxylic acids is 2. The summed E-state index contributed by atoms with van der Waals surface area (Å²) in [6.07, 6.45) is -0.745. The molecule has 22 heteroatoms. The van der Waals surface area contributed by atoms with E-state index in [0.717, 1.165) is 66.0 Å². The zero-order valence-electron chi connectivity index (χ0n) is 44.1. The number of aryl methyl sites for hydroxylation is 2. The topological polar surface area (TPSA) is 137 Å². The van der Waals surface area contributed by atoms with E-state index in [-0.39, 0.29) is 43.8 Å². The summed E-state index contributed by atoms with van der Waals surface area (Å²) < 4.78 is 102. The zero-order chi connectivity index (χ0) is 59.6. The standard InChI is InChI=1S/2C30H26Cl2F3NO4S/c2*1-29(2,28(37)38)40-23-12-8-20(26(31)27(23)32)7-11-22(39-17-18-4-3-15-36-16-18)25-14-13-24(41-25)19-5-9-21(10-6-19)30(33,34)35/h2*3-6,8-10,12-16,22H,7,11,17H2,1-2H3,(H,37,38)/t2*22-/m10/s1. The Morgan fingerprint density at radius 3 is 1.20 bits per heavy atom. The first-order chi connectivity index (χ1) is 38.7. The van der Waals surface area contributed by atoms with Gasteiger partial charge in [0.25, 0.3) is 0 Å². The highest BCUT2D eigenvalue weighted by Gasteiger charge is 2.34. The molecule has 432 valence electrons. The summed E-state index contributed by atoms with van der Waals surface area (Å²) in [7, 11) is 0. The number of hydrogen-bond donors (Lipinski definition) is 2. The lowest BCUT2D eigenvalue weighted by Gasteiger charge is -2.23. The summed E-state index contributed by atoms with van der Waals surface area (Å²) in [4.78, 5) is 34.6. The molecule has 0 aliphatic carbocycles. The van der Waals surface area contributed by atoms with Gasteiger partial charge in [-0.1, -0.05) is 94.9 Å². The number of halogens is 10. The molecule has 0 bridgehead atoms. The van der Waals surface area contributed by atoms with Gasteiger partial charge in [-0.25, -0.2) is 9.59 Å². The number of pyridine rings is 2. The Morgan fingerprint density at radius 2 is 0.878 bits per heavy atom. The lowest BCUT2D eigenvalue weighted by Crippen LogP contribution is -2.38. The third-order valence-electron chi connectivity index (χ3n) is 12.6. The van der Waals surface area contributed by atoms with Crippen LogP contribution in [0.4, 0.5) is 26.3 Å². The van der Waals surface area contributed by atoms with Gasteiger partial charge in [-0.05, 0) is 160 Å². The number of ether oxygens (including phenoxy) is 4. The molecular weight excluding hydrogens is 1200 g/mol. The summed E-state index contributed by atoms with van der Waals surface area (Å²) in [6, 6.07) is 31.8. The molecule has 2 atom stereocenters. The largest absolute Gasteiger partial charge is 0.478 e. The number of aromatic nitrogens is 2. The number of nitrogens with zero attached hydrogens (tertiary/aromatic N) is 2. The third kappa shape index (κ3) is 17.0. The molecule has 0 unspecified atom stereocenters. The summed E-state index contributed by atoms with van der Waals surface area (Å²) in [5, 5.41) is 19.5. The smallest absolute Gasteiger partial charge is 0.416 e. The number of rotatable bonds is 22. The van der Waals surface area contributed by atoms with Crippen LogP contribution >= 0.6 is 69.1 Å². The Bertz CT molecular complexity index is 3210. The number of alkyl halides is 6. The Hall–Kier alpha value is -6.22. The van der Waals surface area contributed by atoms with E-state index >= 15 is 0 Å². The summed E-state index contributed by atoms with van der Waals surface area (Å²) in [5.74, 6) is -1.96. The summed E-state index contributed by atoms with van der Waals surface area (Å²) >= 11 is 28.9. The molecule has 0 amide bonds. The average molecular weight is 1250 g/mol. The predicted molar refractivity (Wildman–Crippen MR) is 307 cm³/mol. The van der Waals surface area contributed by atoms with Crippen molar-refractivity contribution in [1.29, 1.82) is 0 Å². The third-order valence-corrected chi connectivity index (χ3v) is 16.9. The molecule has 8 aromatic rings. The lowest BCUT2D eigenvalue weighted by atomic mass is 10.0. The van der Waals surface area contributed by atoms with E-state index in [0.29, 0.717) is 50.0 Å². The Morgan fingerprint density at radius 1 is 0.512 bits per heavy atom. The van der Waals surface area contributed by atoms with Crippen molar-refractivity contribution in [1.82, 2.24) is 9.97 Å². The molecule has 0 saturated heterocycles. The van der Waals surface area contributed by atoms with Crippen molar-refractivity contribution < 1.29 is 65.1 Å². The van der Waals surface area contributed by atoms with Crippen molar-refractivity contribution in [2.75, 3.05) is 0 Å². The van der Waals surface area contributed by atoms with Crippen molar-refractivity contribution in [3.63, 3.8) is 0 Å². The van der Waals surface area contributed by atoms with E-state index in [1.165, 1.54) is 74.6 Å². The maximum absolute atomic E-state index is 13.0. The second-order valence-corrected chi connectivity index (χ2v) is 23.2. The minimum atomic E-state index is -4.40. The minimum absolute atomic E-state index is 0.118. The van der Waals surface area contributed by atoms with Crippen LogP contribution in [0.1, 0.15) is 95.9 Å². The second-order valence-electron chi connectivity index (χ2n) is 19.5. The number of carboxylic acids is 2. The van der Waals surface area contributed by atoms with Gasteiger partial charge in [-0.2, -0.15) is 26.3 Å². The van der Waals surface area contributed by atoms with Gasteiger partial charge >= 0.3 is 24.3 Å². The highest BCUT2D eigenvalue weighted by atomic mass is 35.5. The molecule has 0 fully saturated rings. The molecule has 0 radical (unpaired) electrons. The fourth-order valence-electron chi connectivity index (χ4n) is 7.88. The van der Waals surface area contributed by atoms with Crippen molar-refractivity contribution >= 4 is 81.0 Å². The van der Waals surface area contributed by atoms with Crippen LogP contribution < -0.4 is 9.47 Å². The van der Waals surface area contributed by atoms with E-state index in [1.807, 2.05) is 48.5 Å². The lowest BCUT2D eigenvalue weighted by molar-refractivity contribution is -0.152. The van der Waals surface area contributed by atoms with Gasteiger partial charge in [0.1, 0.15) is 21.5 Å². The molecule has 0 saturated carbocycles. The Labute approximate surface area is 497 Å². The number of benzene rings is 4. The second kappa shape index (κ2) is 27.4. The Balaban J connectivity index is 0.000000236. The molecule has 10 nitrogen and oxygen atoms in total. The highest BCUT2D eigenvalue weighted by Crippen LogP contribution is 2.43. The number of carbonyl (C=O) groups is 2. The van der Waals surface area contributed by atoms with Crippen LogP contribution in [0.2, 0.25) is 20.1 Å². The molecule has 8 rings (SSSR count). The van der Waals surface area contributed by atoms with E-state index in [1.54, 1.807) is 49.1 Å². The summed E-state index contributed by atoms with van der Waals surface area (Å²) in [5.41, 5.74) is 0.195. The van der Waals surface area contributed by atoms with Crippen molar-refractivity contribution in [2.24, 2.45) is 0 Å². The van der Waals surface area contributed by atoms with Crippen molar-refractivity contribution in [3.05, 3.63) is 209 Å². The molecule has 0 aliphatic heterocycles. The van der Waals surface area contributed by atoms with Crippen LogP contribution in [-0.2, 0) is 57.5 Å². The highest BCUT2D eigenvalue weighted by molar-refractivity contribution is 7.15. The number of thiophene rings is 2. The maximum Gasteiger partial charge on any atom is 0.416 e. The van der Waals surface area contributed by atoms with Gasteiger partial charge in [0.2, 0.25) is 0 Å². The molecule has 0 aliphatic rings. The minimum Gasteiger partial charge on any atom is -0.478 e. The monoisotopic (exact) mass is 1250 g/mol. The fourth-order valence-corrected chi connectivity index (χ4v) is 11.0. The maximum atomic E-state index is 13.0. The van der Waals surface area contributed by atoms with Gasteiger partial charge < -0.3 is 29.2 Å². The van der Waals surface area contributed by atoms with Crippen LogP contribution in [0, 0.1) is 0 Å². The zero-order valence-corrected chi connectivity index (χ0v) is 48.7. The first-order valence-electron chi connectivity index (χ1n) is 25.0. The van der Waals surface area contributed by atoms with Gasteiger partial charge in [0, 0.05) is 44.3 Å². The number of carboxylic acid groups (broad SMARTS) is 2. The van der Waals surface area contributed by atoms with Gasteiger partial charge in [-0.3, -0.25) is 9.97 Å². The van der Waals surface area contributed by atoms with E-state index < -0.39 is 46.6 Å². The molecule has 4 aromatic carbocycles. The molecule has 4 heterocycles. The van der Waals surface area contributed by atoms with Crippen molar-refractivity contribution in [2.45, 2.75) is 102 Å². The van der Waals surface area contributed by atoms with Gasteiger partial charge in [0.05, 0.1) is 46.6 Å². The quantitative estimate of drug-likeness (QED) is 0.0631. The molecule has 4 aromatic heterocycles. The summed E-state index contributed by atoms with van der Waals surface area (Å²) in [6.45, 7) is 6.26. The average Bonchev–Trinajstić information content (AvgIpc) is 4.22. The normalized spacial score (nSPS) is 12.8. The molecule has 0 spiro atoms. The molecular formula is C60H52Cl4F6N2O8S2. The van der Waals surface area contributed by atoms with Crippen LogP contribution in [0.3, 0.4) is 0 Å². The first kappa shape index (κ1) is 63.4. The van der Waals surface area contributed by atoms with E-state index in [4.69, 9.17) is 65.4 Å². The predicted octanol–water partition coefficient (Wildman–Crippen LogP) is 18.5. The fraction of sp³-hybridized carbons (Fsp3) is 0.267. The molecule has 82 heavy (non-hydrogen) atoms. The van der Waals surface area contributed by atoms with Crippen LogP contribution in [0.15, 0.2) is 146 Å². The van der Waals surface area contributed by atoms with Crippen LogP contribution in [0.5, 0.6) is 11.5 Å². The van der Waals surface area contributed by atoms with E-state index in [2.05, 4.69) is 9.97 Å². The van der Waals surface area contributed by atoms with Gasteiger partial charge in [0.15, 0.2) is 11.2 Å². The first-order valence-corrected chi connectivity index (χ1v) is 28.2. The van der Waals surface area contributed by atoms with Crippen LogP contribution in [0.25, 0.3) is 20.9 Å². The van der Waals surface area contributed by atoms with Gasteiger partial charge in [-0.15, -0.1) is 22.7 Å². The van der Waals surface area contributed by atoms with E-state index in [9.17, 15) is 46.1 Å². The number of hydrogen-bond acceptors (Lipinski definition) is 10. The SMILES string of the molecule is CC(C)(Oc1ccc(CC[C@@H](OCc2cccnc2)c2ccc(-c3ccc(C(F)(F)F)cc3)s2)c(Cl)c1Cl)C(=O)O.CC(C)(Oc1ccc(CC[C@H](OCc2cccnc2)c2ccc(-c3ccc(C(F)(F)F)cc3)s2)c(Cl)c1Cl)C(=O)O.